The molecule has 0 aromatic heterocycles. The maximum absolute atomic E-state index is 9.31. The van der Waals surface area contributed by atoms with Gasteiger partial charge in [-0.25, -0.2) is 0 Å². The standard InChI is InChI=1S/C15H24N2O2/c1-12(2)19-15-6-4-14(5-7-15)17-9-3-8-16-13(10-17)11-18/h4-7,12-13,16,18H,3,8-11H2,1-2H3. The first-order valence-electron chi connectivity index (χ1n) is 7.05. The van der Waals surface area contributed by atoms with Crippen molar-refractivity contribution in [2.24, 2.45) is 0 Å². The third kappa shape index (κ3) is 4.11. The number of hydrogen-bond acceptors (Lipinski definition) is 4. The molecule has 1 atom stereocenters. The van der Waals surface area contributed by atoms with Crippen LogP contribution in [0.4, 0.5) is 5.69 Å². The molecule has 2 N–H and O–H groups in total. The molecule has 1 aromatic rings. The van der Waals surface area contributed by atoms with E-state index in [1.807, 2.05) is 26.0 Å². The largest absolute Gasteiger partial charge is 0.491 e. The van der Waals surface area contributed by atoms with Crippen LogP contribution in [0.3, 0.4) is 0 Å². The molecule has 0 bridgehead atoms. The van der Waals surface area contributed by atoms with Gasteiger partial charge < -0.3 is 20.1 Å². The average Bonchev–Trinajstić information content (AvgIpc) is 2.64. The lowest BCUT2D eigenvalue weighted by atomic mass is 10.2. The summed E-state index contributed by atoms with van der Waals surface area (Å²) in [6, 6.07) is 8.38. The molecular weight excluding hydrogens is 240 g/mol. The minimum absolute atomic E-state index is 0.161. The maximum atomic E-state index is 9.31. The van der Waals surface area contributed by atoms with Crippen LogP contribution in [-0.4, -0.2) is 43.5 Å². The Morgan fingerprint density at radius 3 is 2.74 bits per heavy atom. The van der Waals surface area contributed by atoms with E-state index < -0.39 is 0 Å². The fourth-order valence-corrected chi connectivity index (χ4v) is 2.36. The zero-order valence-corrected chi connectivity index (χ0v) is 11.8. The molecule has 1 saturated heterocycles. The summed E-state index contributed by atoms with van der Waals surface area (Å²) in [6.45, 7) is 7.08. The molecule has 1 unspecified atom stereocenters. The maximum Gasteiger partial charge on any atom is 0.119 e. The molecule has 1 aliphatic heterocycles. The van der Waals surface area contributed by atoms with Crippen molar-refractivity contribution in [3.05, 3.63) is 24.3 Å². The van der Waals surface area contributed by atoms with Crippen molar-refractivity contribution in [3.63, 3.8) is 0 Å². The summed E-state index contributed by atoms with van der Waals surface area (Å²) in [4.78, 5) is 2.32. The molecular formula is C15H24N2O2. The highest BCUT2D eigenvalue weighted by Gasteiger charge is 2.17. The number of ether oxygens (including phenoxy) is 1. The van der Waals surface area contributed by atoms with Gasteiger partial charge in [0.15, 0.2) is 0 Å². The predicted molar refractivity (Wildman–Crippen MR) is 77.9 cm³/mol. The van der Waals surface area contributed by atoms with Crippen LogP contribution in [0.2, 0.25) is 0 Å². The normalized spacial score (nSPS) is 20.4. The van der Waals surface area contributed by atoms with Gasteiger partial charge in [0.2, 0.25) is 0 Å². The van der Waals surface area contributed by atoms with E-state index in [1.165, 1.54) is 5.69 Å². The molecule has 19 heavy (non-hydrogen) atoms. The molecule has 1 aromatic carbocycles. The third-order valence-electron chi connectivity index (χ3n) is 3.27. The molecule has 0 aliphatic carbocycles. The molecule has 0 amide bonds. The van der Waals surface area contributed by atoms with Gasteiger partial charge in [0, 0.05) is 24.8 Å². The highest BCUT2D eigenvalue weighted by molar-refractivity contribution is 5.49. The van der Waals surface area contributed by atoms with Crippen molar-refractivity contribution in [1.29, 1.82) is 0 Å². The SMILES string of the molecule is CC(C)Oc1ccc(N2CCCNC(CO)C2)cc1. The average molecular weight is 264 g/mol. The van der Waals surface area contributed by atoms with E-state index in [0.29, 0.717) is 0 Å². The van der Waals surface area contributed by atoms with Crippen molar-refractivity contribution >= 4 is 5.69 Å². The number of benzene rings is 1. The van der Waals surface area contributed by atoms with E-state index in [0.717, 1.165) is 31.8 Å². The van der Waals surface area contributed by atoms with Gasteiger partial charge in [0.1, 0.15) is 5.75 Å². The van der Waals surface area contributed by atoms with E-state index in [9.17, 15) is 5.11 Å². The Morgan fingerprint density at radius 1 is 1.37 bits per heavy atom. The first-order chi connectivity index (χ1) is 9.19. The van der Waals surface area contributed by atoms with Crippen LogP contribution in [0, 0.1) is 0 Å². The Labute approximate surface area is 115 Å². The lowest BCUT2D eigenvalue weighted by Crippen LogP contribution is -2.40. The van der Waals surface area contributed by atoms with Gasteiger partial charge in [-0.3, -0.25) is 0 Å². The van der Waals surface area contributed by atoms with Crippen molar-refractivity contribution in [1.82, 2.24) is 5.32 Å². The highest BCUT2D eigenvalue weighted by Crippen LogP contribution is 2.21. The number of hydrogen-bond donors (Lipinski definition) is 2. The molecule has 4 nitrogen and oxygen atoms in total. The molecule has 2 rings (SSSR count). The third-order valence-corrected chi connectivity index (χ3v) is 3.27. The fraction of sp³-hybridized carbons (Fsp3) is 0.600. The van der Waals surface area contributed by atoms with E-state index >= 15 is 0 Å². The van der Waals surface area contributed by atoms with E-state index in [1.54, 1.807) is 0 Å². The lowest BCUT2D eigenvalue weighted by molar-refractivity contribution is 0.242. The van der Waals surface area contributed by atoms with Crippen LogP contribution in [0.1, 0.15) is 20.3 Å². The Bertz CT molecular complexity index is 378. The number of nitrogens with one attached hydrogen (secondary N) is 1. The van der Waals surface area contributed by atoms with Crippen LogP contribution in [0.15, 0.2) is 24.3 Å². The van der Waals surface area contributed by atoms with Crippen molar-refractivity contribution in [3.8, 4) is 5.75 Å². The van der Waals surface area contributed by atoms with Crippen molar-refractivity contribution in [2.75, 3.05) is 31.1 Å². The monoisotopic (exact) mass is 264 g/mol. The first kappa shape index (κ1) is 14.2. The van der Waals surface area contributed by atoms with Crippen molar-refractivity contribution < 1.29 is 9.84 Å². The Balaban J connectivity index is 2.03. The minimum Gasteiger partial charge on any atom is -0.491 e. The van der Waals surface area contributed by atoms with Gasteiger partial charge in [0.25, 0.3) is 0 Å². The number of aliphatic hydroxyl groups is 1. The van der Waals surface area contributed by atoms with Gasteiger partial charge in [-0.2, -0.15) is 0 Å². The summed E-state index contributed by atoms with van der Waals surface area (Å²) in [7, 11) is 0. The summed E-state index contributed by atoms with van der Waals surface area (Å²) < 4.78 is 5.65. The zero-order valence-electron chi connectivity index (χ0n) is 11.8. The molecule has 1 fully saturated rings. The van der Waals surface area contributed by atoms with Gasteiger partial charge >= 0.3 is 0 Å². The van der Waals surface area contributed by atoms with Crippen LogP contribution < -0.4 is 15.0 Å². The number of aliphatic hydroxyl groups excluding tert-OH is 1. The van der Waals surface area contributed by atoms with Gasteiger partial charge in [-0.05, 0) is 51.1 Å². The molecule has 106 valence electrons. The van der Waals surface area contributed by atoms with Crippen LogP contribution in [-0.2, 0) is 0 Å². The Kier molecular flexibility index (Phi) is 5.05. The van der Waals surface area contributed by atoms with E-state index in [2.05, 4.69) is 22.3 Å². The molecule has 4 heteroatoms. The van der Waals surface area contributed by atoms with Crippen molar-refractivity contribution in [2.45, 2.75) is 32.4 Å². The highest BCUT2D eigenvalue weighted by atomic mass is 16.5. The summed E-state index contributed by atoms with van der Waals surface area (Å²) in [5.74, 6) is 0.908. The zero-order chi connectivity index (χ0) is 13.7. The Morgan fingerprint density at radius 2 is 2.11 bits per heavy atom. The molecule has 1 heterocycles. The molecule has 0 spiro atoms. The second-order valence-corrected chi connectivity index (χ2v) is 5.29. The van der Waals surface area contributed by atoms with E-state index in [-0.39, 0.29) is 18.8 Å². The second-order valence-electron chi connectivity index (χ2n) is 5.29. The predicted octanol–water partition coefficient (Wildman–Crippen LogP) is 1.63. The van der Waals surface area contributed by atoms with Crippen LogP contribution in [0.5, 0.6) is 5.75 Å². The summed E-state index contributed by atoms with van der Waals surface area (Å²) in [6.07, 6.45) is 1.30. The molecule has 0 saturated carbocycles. The summed E-state index contributed by atoms with van der Waals surface area (Å²) in [5.41, 5.74) is 1.19. The smallest absolute Gasteiger partial charge is 0.119 e. The quantitative estimate of drug-likeness (QED) is 0.867. The number of anilines is 1. The summed E-state index contributed by atoms with van der Waals surface area (Å²) in [5, 5.41) is 12.7. The van der Waals surface area contributed by atoms with Crippen LogP contribution >= 0.6 is 0 Å². The molecule has 0 radical (unpaired) electrons. The minimum atomic E-state index is 0.161. The van der Waals surface area contributed by atoms with Gasteiger partial charge in [-0.1, -0.05) is 0 Å². The van der Waals surface area contributed by atoms with Gasteiger partial charge in [0.05, 0.1) is 12.7 Å². The van der Waals surface area contributed by atoms with E-state index in [4.69, 9.17) is 4.74 Å². The fourth-order valence-electron chi connectivity index (χ4n) is 2.36. The van der Waals surface area contributed by atoms with Gasteiger partial charge in [-0.15, -0.1) is 0 Å². The lowest BCUT2D eigenvalue weighted by Gasteiger charge is -2.25. The topological polar surface area (TPSA) is 44.7 Å². The number of nitrogens with zero attached hydrogens (tertiary/aromatic N) is 1. The Hall–Kier alpha value is -1.26. The molecule has 1 aliphatic rings. The number of rotatable bonds is 4. The first-order valence-corrected chi connectivity index (χ1v) is 7.05. The summed E-state index contributed by atoms with van der Waals surface area (Å²) >= 11 is 0. The second kappa shape index (κ2) is 6.78. The van der Waals surface area contributed by atoms with Crippen LogP contribution in [0.25, 0.3) is 0 Å².